The quantitative estimate of drug-likeness (QED) is 0.451. The molecule has 0 aliphatic rings. The second kappa shape index (κ2) is 9.33. The molecule has 3 aromatic rings. The van der Waals surface area contributed by atoms with Crippen LogP contribution in [0, 0.1) is 16.6 Å². The van der Waals surface area contributed by atoms with E-state index in [2.05, 4.69) is 15.3 Å². The molecule has 0 atom stereocenters. The predicted octanol–water partition coefficient (Wildman–Crippen LogP) is 3.48. The Bertz CT molecular complexity index is 1130. The molecule has 5 N–H and O–H groups in total. The molecule has 3 rings (SSSR count). The van der Waals surface area contributed by atoms with E-state index < -0.39 is 11.7 Å². The van der Waals surface area contributed by atoms with Crippen molar-refractivity contribution in [3.05, 3.63) is 83.4 Å². The largest absolute Gasteiger partial charge is 0.382 e. The summed E-state index contributed by atoms with van der Waals surface area (Å²) in [5.41, 5.74) is 7.96. The molecule has 0 radical (unpaired) electrons. The summed E-state index contributed by atoms with van der Waals surface area (Å²) in [5, 5.41) is 17.3. The number of amides is 1. The van der Waals surface area contributed by atoms with Crippen LogP contribution < -0.4 is 11.1 Å². The van der Waals surface area contributed by atoms with Gasteiger partial charge in [0, 0.05) is 30.1 Å². The highest BCUT2D eigenvalue weighted by Gasteiger charge is 2.15. The minimum atomic E-state index is -0.716. The van der Waals surface area contributed by atoms with Gasteiger partial charge in [0.2, 0.25) is 0 Å². The van der Waals surface area contributed by atoms with Crippen LogP contribution in [0.5, 0.6) is 0 Å². The average molecular weight is 402 g/mol. The summed E-state index contributed by atoms with van der Waals surface area (Å²) in [5.74, 6) is -1.17. The highest BCUT2D eigenvalue weighted by Crippen LogP contribution is 2.25. The number of allylic oxidation sites excluding steroid dienone is 2. The Balaban J connectivity index is 1.86. The van der Waals surface area contributed by atoms with Crippen molar-refractivity contribution in [2.75, 3.05) is 5.73 Å². The summed E-state index contributed by atoms with van der Waals surface area (Å²) in [6.45, 7) is 0.285. The maximum absolute atomic E-state index is 14.7. The van der Waals surface area contributed by atoms with Crippen LogP contribution >= 0.6 is 0 Å². The van der Waals surface area contributed by atoms with Crippen LogP contribution in [0.1, 0.15) is 21.6 Å². The number of aromatic nitrogens is 2. The first-order valence-electron chi connectivity index (χ1n) is 8.99. The van der Waals surface area contributed by atoms with Gasteiger partial charge in [0.15, 0.2) is 0 Å². The van der Waals surface area contributed by atoms with Gasteiger partial charge in [-0.2, -0.15) is 0 Å². The maximum Gasteiger partial charge on any atom is 0.254 e. The zero-order valence-electron chi connectivity index (χ0n) is 15.9. The zero-order chi connectivity index (χ0) is 21.5. The van der Waals surface area contributed by atoms with Crippen molar-refractivity contribution in [1.82, 2.24) is 15.3 Å². The minimum Gasteiger partial charge on any atom is -0.382 e. The lowest BCUT2D eigenvalue weighted by Gasteiger charge is -2.10. The molecule has 2 aromatic carbocycles. The van der Waals surface area contributed by atoms with E-state index in [1.165, 1.54) is 30.5 Å². The fourth-order valence-corrected chi connectivity index (χ4v) is 2.77. The summed E-state index contributed by atoms with van der Waals surface area (Å²) < 4.78 is 14.7. The van der Waals surface area contributed by atoms with Crippen molar-refractivity contribution >= 4 is 29.7 Å². The first kappa shape index (κ1) is 20.5. The summed E-state index contributed by atoms with van der Waals surface area (Å²) in [7, 11) is 0. The topological polar surface area (TPSA) is 129 Å². The molecule has 1 aromatic heterocycles. The number of nitrogens with one attached hydrogen (secondary N) is 3. The first-order valence-corrected chi connectivity index (χ1v) is 8.99. The number of hydrogen-bond donors (Lipinski definition) is 4. The molecule has 0 saturated carbocycles. The van der Waals surface area contributed by atoms with Gasteiger partial charge in [-0.15, -0.1) is 0 Å². The molecule has 150 valence electrons. The summed E-state index contributed by atoms with van der Waals surface area (Å²) in [6.07, 6.45) is 4.83. The van der Waals surface area contributed by atoms with Gasteiger partial charge in [0.25, 0.3) is 5.91 Å². The van der Waals surface area contributed by atoms with Crippen molar-refractivity contribution in [3.63, 3.8) is 0 Å². The highest BCUT2D eigenvalue weighted by molar-refractivity contribution is 6.11. The molecule has 0 spiro atoms. The molecule has 0 unspecified atom stereocenters. The number of nitrogens with zero attached hydrogens (tertiary/aromatic N) is 2. The molecule has 8 heteroatoms. The van der Waals surface area contributed by atoms with Gasteiger partial charge in [-0.1, -0.05) is 36.4 Å². The molecule has 0 saturated heterocycles. The van der Waals surface area contributed by atoms with Crippen LogP contribution in [0.25, 0.3) is 16.8 Å². The van der Waals surface area contributed by atoms with Crippen LogP contribution in [0.3, 0.4) is 0 Å². The summed E-state index contributed by atoms with van der Waals surface area (Å²) in [6, 6.07) is 13.4. The standard InChI is InChI=1S/C22H19FN6O/c23-18-10-15(20-21(26)27-13-19(29-20)16(11-25)8-9-24)6-7-17(18)22(30)28-12-14-4-2-1-3-5-14/h1-11,13,24-25H,12H2,(H2,26,27)(H,28,30). The number of anilines is 1. The van der Waals surface area contributed by atoms with Gasteiger partial charge in [-0.25, -0.2) is 14.4 Å². The summed E-state index contributed by atoms with van der Waals surface area (Å²) in [4.78, 5) is 20.7. The van der Waals surface area contributed by atoms with Gasteiger partial charge >= 0.3 is 0 Å². The second-order valence-corrected chi connectivity index (χ2v) is 6.29. The number of halogens is 1. The molecule has 0 aliphatic heterocycles. The molecule has 7 nitrogen and oxygen atoms in total. The number of rotatable bonds is 7. The Labute approximate surface area is 172 Å². The van der Waals surface area contributed by atoms with E-state index in [-0.39, 0.29) is 23.6 Å². The lowest BCUT2D eigenvalue weighted by Crippen LogP contribution is -2.23. The van der Waals surface area contributed by atoms with Crippen molar-refractivity contribution < 1.29 is 9.18 Å². The fraction of sp³-hybridized carbons (Fsp3) is 0.0455. The Morgan fingerprint density at radius 1 is 1.17 bits per heavy atom. The normalized spacial score (nSPS) is 11.0. The van der Waals surface area contributed by atoms with Crippen LogP contribution in [0.15, 0.2) is 60.8 Å². The number of hydrogen-bond acceptors (Lipinski definition) is 6. The van der Waals surface area contributed by atoms with Crippen LogP contribution in [0.2, 0.25) is 0 Å². The van der Waals surface area contributed by atoms with Crippen LogP contribution in [-0.4, -0.2) is 28.3 Å². The number of carbonyl (C=O) groups excluding carboxylic acids is 1. The smallest absolute Gasteiger partial charge is 0.254 e. The van der Waals surface area contributed by atoms with Crippen molar-refractivity contribution in [2.24, 2.45) is 0 Å². The minimum absolute atomic E-state index is 0.0820. The number of nitrogens with two attached hydrogens (primary N) is 1. The zero-order valence-corrected chi connectivity index (χ0v) is 15.9. The Morgan fingerprint density at radius 3 is 2.60 bits per heavy atom. The van der Waals surface area contributed by atoms with E-state index >= 15 is 0 Å². The Hall–Kier alpha value is -4.20. The maximum atomic E-state index is 14.7. The van der Waals surface area contributed by atoms with Gasteiger partial charge in [-0.3, -0.25) is 4.79 Å². The Kier molecular flexibility index (Phi) is 6.39. The Morgan fingerprint density at radius 2 is 1.93 bits per heavy atom. The molecule has 30 heavy (non-hydrogen) atoms. The third-order valence-corrected chi connectivity index (χ3v) is 4.30. The molecule has 0 aliphatic carbocycles. The number of nitrogen functional groups attached to an aromatic ring is 1. The molecule has 0 bridgehead atoms. The van der Waals surface area contributed by atoms with E-state index in [1.54, 1.807) is 0 Å². The van der Waals surface area contributed by atoms with Gasteiger partial charge in [0.1, 0.15) is 17.3 Å². The molecular weight excluding hydrogens is 383 g/mol. The van der Waals surface area contributed by atoms with E-state index in [9.17, 15) is 9.18 Å². The third kappa shape index (κ3) is 4.61. The van der Waals surface area contributed by atoms with Crippen molar-refractivity contribution in [2.45, 2.75) is 6.54 Å². The van der Waals surface area contributed by atoms with E-state index in [0.717, 1.165) is 18.0 Å². The number of benzene rings is 2. The highest BCUT2D eigenvalue weighted by atomic mass is 19.1. The van der Waals surface area contributed by atoms with Gasteiger partial charge in [-0.05, 0) is 23.8 Å². The number of carbonyl (C=O) groups is 1. The average Bonchev–Trinajstić information content (AvgIpc) is 2.77. The second-order valence-electron chi connectivity index (χ2n) is 6.29. The predicted molar refractivity (Wildman–Crippen MR) is 115 cm³/mol. The van der Waals surface area contributed by atoms with E-state index in [1.807, 2.05) is 30.3 Å². The third-order valence-electron chi connectivity index (χ3n) is 4.30. The first-order chi connectivity index (χ1) is 14.5. The fourth-order valence-electron chi connectivity index (χ4n) is 2.77. The monoisotopic (exact) mass is 402 g/mol. The van der Waals surface area contributed by atoms with Crippen molar-refractivity contribution in [1.29, 1.82) is 10.8 Å². The SMILES string of the molecule is N=CC=C(C=N)c1cnc(N)c(-c2ccc(C(=O)NCc3ccccc3)c(F)c2)n1. The molecule has 1 heterocycles. The van der Waals surface area contributed by atoms with Crippen LogP contribution in [-0.2, 0) is 6.54 Å². The van der Waals surface area contributed by atoms with Crippen molar-refractivity contribution in [3.8, 4) is 11.3 Å². The molecule has 1 amide bonds. The van der Waals surface area contributed by atoms with Gasteiger partial charge < -0.3 is 21.9 Å². The van der Waals surface area contributed by atoms with Gasteiger partial charge in [0.05, 0.1) is 17.5 Å². The molecule has 0 fully saturated rings. The van der Waals surface area contributed by atoms with E-state index in [0.29, 0.717) is 16.8 Å². The van der Waals surface area contributed by atoms with E-state index in [4.69, 9.17) is 16.6 Å². The lowest BCUT2D eigenvalue weighted by atomic mass is 10.1. The molecular formula is C22H19FN6O. The lowest BCUT2D eigenvalue weighted by molar-refractivity contribution is 0.0947. The van der Waals surface area contributed by atoms with Crippen LogP contribution in [0.4, 0.5) is 10.2 Å². The summed E-state index contributed by atoms with van der Waals surface area (Å²) >= 11 is 0.